The van der Waals surface area contributed by atoms with Gasteiger partial charge in [0.05, 0.1) is 16.8 Å². The molecule has 0 radical (unpaired) electrons. The Morgan fingerprint density at radius 2 is 1.61 bits per heavy atom. The minimum Gasteiger partial charge on any atom is -0.268 e. The summed E-state index contributed by atoms with van der Waals surface area (Å²) >= 11 is 0. The molecule has 2 amide bonds. The van der Waals surface area contributed by atoms with Crippen LogP contribution in [-0.2, 0) is 6.54 Å². The molecule has 3 aromatic rings. The highest BCUT2D eigenvalue weighted by atomic mass is 19.1. The average molecular weight is 375 g/mol. The number of aromatic nitrogens is 2. The van der Waals surface area contributed by atoms with Crippen molar-refractivity contribution in [2.24, 2.45) is 5.92 Å². The topological polar surface area (TPSA) is 55.2 Å². The lowest BCUT2D eigenvalue weighted by Gasteiger charge is -2.11. The van der Waals surface area contributed by atoms with E-state index in [1.807, 2.05) is 11.6 Å². The number of halogens is 1. The quantitative estimate of drug-likeness (QED) is 0.642. The number of rotatable bonds is 4. The van der Waals surface area contributed by atoms with Gasteiger partial charge in [-0.1, -0.05) is 12.1 Å². The predicted octanol–water partition coefficient (Wildman–Crippen LogP) is 4.21. The van der Waals surface area contributed by atoms with Crippen molar-refractivity contribution in [1.82, 2.24) is 9.78 Å². The lowest BCUT2D eigenvalue weighted by atomic mass is 10.1. The van der Waals surface area contributed by atoms with Crippen LogP contribution in [0.5, 0.6) is 0 Å². The first-order valence-corrected chi connectivity index (χ1v) is 9.35. The van der Waals surface area contributed by atoms with Crippen LogP contribution in [0.4, 0.5) is 10.2 Å². The number of hydrogen-bond acceptors (Lipinski definition) is 3. The molecule has 0 atom stereocenters. The highest BCUT2D eigenvalue weighted by Gasteiger charge is 2.39. The summed E-state index contributed by atoms with van der Waals surface area (Å²) in [7, 11) is 0. The van der Waals surface area contributed by atoms with Gasteiger partial charge >= 0.3 is 0 Å². The Kier molecular flexibility index (Phi) is 3.69. The molecule has 0 saturated heterocycles. The van der Waals surface area contributed by atoms with E-state index in [2.05, 4.69) is 5.10 Å². The zero-order valence-corrected chi connectivity index (χ0v) is 15.4. The molecule has 2 aliphatic rings. The molecule has 0 unspecified atom stereocenters. The van der Waals surface area contributed by atoms with Crippen LogP contribution in [0.25, 0.3) is 11.3 Å². The van der Waals surface area contributed by atoms with Crippen molar-refractivity contribution in [3.63, 3.8) is 0 Å². The third-order valence-corrected chi connectivity index (χ3v) is 5.42. The van der Waals surface area contributed by atoms with Gasteiger partial charge in [-0.25, -0.2) is 9.29 Å². The van der Waals surface area contributed by atoms with Crippen LogP contribution in [0.3, 0.4) is 0 Å². The van der Waals surface area contributed by atoms with E-state index in [1.165, 1.54) is 12.1 Å². The fraction of sp³-hybridized carbons (Fsp3) is 0.227. The van der Waals surface area contributed by atoms with Gasteiger partial charge in [-0.3, -0.25) is 14.3 Å². The average Bonchev–Trinajstić information content (AvgIpc) is 3.41. The van der Waals surface area contributed by atoms with Crippen LogP contribution in [0.2, 0.25) is 0 Å². The molecular weight excluding hydrogens is 357 g/mol. The van der Waals surface area contributed by atoms with Crippen molar-refractivity contribution >= 4 is 17.6 Å². The van der Waals surface area contributed by atoms with Gasteiger partial charge in [0.25, 0.3) is 11.8 Å². The Labute approximate surface area is 161 Å². The van der Waals surface area contributed by atoms with Gasteiger partial charge < -0.3 is 0 Å². The molecular formula is C22H18FN3O2. The predicted molar refractivity (Wildman–Crippen MR) is 103 cm³/mol. The second kappa shape index (κ2) is 6.12. The summed E-state index contributed by atoms with van der Waals surface area (Å²) in [4.78, 5) is 27.0. The molecule has 1 aliphatic heterocycles. The summed E-state index contributed by atoms with van der Waals surface area (Å²) in [6, 6.07) is 13.0. The van der Waals surface area contributed by atoms with E-state index in [9.17, 15) is 14.0 Å². The lowest BCUT2D eigenvalue weighted by molar-refractivity contribution is 0.0924. The van der Waals surface area contributed by atoms with E-state index >= 15 is 0 Å². The number of anilines is 1. The zero-order valence-electron chi connectivity index (χ0n) is 15.4. The summed E-state index contributed by atoms with van der Waals surface area (Å²) in [5.74, 6) is -0.120. The van der Waals surface area contributed by atoms with Crippen LogP contribution < -0.4 is 4.90 Å². The van der Waals surface area contributed by atoms with E-state index in [-0.39, 0.29) is 17.6 Å². The minimum atomic E-state index is -0.356. The van der Waals surface area contributed by atoms with Gasteiger partial charge in [0.15, 0.2) is 5.82 Å². The van der Waals surface area contributed by atoms with Crippen molar-refractivity contribution < 1.29 is 14.0 Å². The SMILES string of the molecule is Cc1c(N2C(=O)c3ccccc3C2=O)nn(CC2CC2)c1-c1ccc(F)cc1. The molecule has 28 heavy (non-hydrogen) atoms. The molecule has 5 rings (SSSR count). The van der Waals surface area contributed by atoms with E-state index < -0.39 is 0 Å². The molecule has 140 valence electrons. The number of amides is 2. The number of carbonyl (C=O) groups is 2. The van der Waals surface area contributed by atoms with Gasteiger partial charge in [-0.15, -0.1) is 0 Å². The summed E-state index contributed by atoms with van der Waals surface area (Å²) in [6.07, 6.45) is 2.29. The van der Waals surface area contributed by atoms with E-state index in [0.29, 0.717) is 22.9 Å². The Morgan fingerprint density at radius 1 is 1.00 bits per heavy atom. The summed E-state index contributed by atoms with van der Waals surface area (Å²) in [6.45, 7) is 2.57. The molecule has 1 aromatic heterocycles. The highest BCUT2D eigenvalue weighted by molar-refractivity contribution is 6.34. The molecule has 0 spiro atoms. The molecule has 0 bridgehead atoms. The molecule has 1 aliphatic carbocycles. The fourth-order valence-corrected chi connectivity index (χ4v) is 3.78. The first-order valence-electron chi connectivity index (χ1n) is 9.35. The number of fused-ring (bicyclic) bond motifs is 1. The third kappa shape index (κ3) is 2.56. The van der Waals surface area contributed by atoms with Gasteiger partial charge in [-0.2, -0.15) is 5.10 Å². The molecule has 0 N–H and O–H groups in total. The van der Waals surface area contributed by atoms with Crippen molar-refractivity contribution in [2.45, 2.75) is 26.3 Å². The first kappa shape index (κ1) is 16.9. The van der Waals surface area contributed by atoms with Crippen molar-refractivity contribution in [3.05, 3.63) is 71.0 Å². The molecule has 2 aromatic carbocycles. The fourth-order valence-electron chi connectivity index (χ4n) is 3.78. The van der Waals surface area contributed by atoms with E-state index in [4.69, 9.17) is 0 Å². The summed E-state index contributed by atoms with van der Waals surface area (Å²) < 4.78 is 15.3. The smallest absolute Gasteiger partial charge is 0.267 e. The zero-order chi connectivity index (χ0) is 19.4. The van der Waals surface area contributed by atoms with E-state index in [0.717, 1.165) is 41.1 Å². The Morgan fingerprint density at radius 3 is 2.18 bits per heavy atom. The van der Waals surface area contributed by atoms with Gasteiger partial charge in [0, 0.05) is 17.7 Å². The van der Waals surface area contributed by atoms with Crippen LogP contribution in [-0.4, -0.2) is 21.6 Å². The normalized spacial score (nSPS) is 16.0. The van der Waals surface area contributed by atoms with Crippen molar-refractivity contribution in [1.29, 1.82) is 0 Å². The van der Waals surface area contributed by atoms with Crippen molar-refractivity contribution in [2.75, 3.05) is 4.90 Å². The largest absolute Gasteiger partial charge is 0.268 e. The minimum absolute atomic E-state index is 0.310. The van der Waals surface area contributed by atoms with Crippen LogP contribution in [0.1, 0.15) is 39.1 Å². The molecule has 2 heterocycles. The monoisotopic (exact) mass is 375 g/mol. The summed E-state index contributed by atoms with van der Waals surface area (Å²) in [5.41, 5.74) is 3.16. The Bertz CT molecular complexity index is 1080. The third-order valence-electron chi connectivity index (χ3n) is 5.42. The number of carbonyl (C=O) groups excluding carboxylic acids is 2. The number of nitrogens with zero attached hydrogens (tertiary/aromatic N) is 3. The molecule has 1 fully saturated rings. The van der Waals surface area contributed by atoms with Crippen LogP contribution in [0.15, 0.2) is 48.5 Å². The molecule has 6 heteroatoms. The van der Waals surface area contributed by atoms with Crippen molar-refractivity contribution in [3.8, 4) is 11.3 Å². The van der Waals surface area contributed by atoms with Gasteiger partial charge in [-0.05, 0) is 62.1 Å². The number of benzene rings is 2. The maximum absolute atomic E-state index is 13.4. The van der Waals surface area contributed by atoms with Gasteiger partial charge in [0.1, 0.15) is 5.82 Å². The van der Waals surface area contributed by atoms with Crippen LogP contribution >= 0.6 is 0 Å². The second-order valence-corrected chi connectivity index (χ2v) is 7.42. The van der Waals surface area contributed by atoms with Crippen LogP contribution in [0, 0.1) is 18.7 Å². The Balaban J connectivity index is 1.64. The standard InChI is InChI=1S/C22H18FN3O2/c1-13-19(15-8-10-16(23)11-9-15)25(12-14-6-7-14)24-20(13)26-21(27)17-4-2-3-5-18(17)22(26)28/h2-5,8-11,14H,6-7,12H2,1H3. The lowest BCUT2D eigenvalue weighted by Crippen LogP contribution is -2.30. The van der Waals surface area contributed by atoms with Gasteiger partial charge in [0.2, 0.25) is 0 Å². The first-order chi connectivity index (χ1) is 13.5. The molecule has 1 saturated carbocycles. The number of hydrogen-bond donors (Lipinski definition) is 0. The highest BCUT2D eigenvalue weighted by Crippen LogP contribution is 2.38. The molecule has 5 nitrogen and oxygen atoms in total. The Hall–Kier alpha value is -3.28. The maximum Gasteiger partial charge on any atom is 0.267 e. The number of imide groups is 1. The summed E-state index contributed by atoms with van der Waals surface area (Å²) in [5, 5.41) is 4.66. The van der Waals surface area contributed by atoms with E-state index in [1.54, 1.807) is 36.4 Å². The second-order valence-electron chi connectivity index (χ2n) is 7.42. The maximum atomic E-state index is 13.4.